The molecule has 1 fully saturated rings. The van der Waals surface area contributed by atoms with Crippen LogP contribution in [0.3, 0.4) is 0 Å². The van der Waals surface area contributed by atoms with Crippen LogP contribution in [0.25, 0.3) is 0 Å². The normalized spacial score (nSPS) is 17.5. The molecule has 0 radical (unpaired) electrons. The molecule has 1 atom stereocenters. The molecule has 0 amide bonds. The Morgan fingerprint density at radius 3 is 2.79 bits per heavy atom. The van der Waals surface area contributed by atoms with Gasteiger partial charge in [-0.25, -0.2) is 0 Å². The summed E-state index contributed by atoms with van der Waals surface area (Å²) in [6.07, 6.45) is 7.30. The summed E-state index contributed by atoms with van der Waals surface area (Å²) in [5.41, 5.74) is 1.26. The van der Waals surface area contributed by atoms with Crippen LogP contribution < -0.4 is 5.32 Å². The topological polar surface area (TPSA) is 55.2 Å². The first kappa shape index (κ1) is 14.0. The van der Waals surface area contributed by atoms with Crippen LogP contribution in [0.1, 0.15) is 37.7 Å². The number of nitrogens with one attached hydrogen (secondary N) is 1. The van der Waals surface area contributed by atoms with Crippen molar-refractivity contribution in [3.8, 4) is 0 Å². The molecule has 19 heavy (non-hydrogen) atoms. The Balaban J connectivity index is 1.93. The van der Waals surface area contributed by atoms with Crippen molar-refractivity contribution in [3.05, 3.63) is 39.9 Å². The predicted octanol–water partition coefficient (Wildman–Crippen LogP) is 3.31. The number of non-ortho nitro benzene ring substituents is 1. The van der Waals surface area contributed by atoms with Gasteiger partial charge >= 0.3 is 0 Å². The minimum absolute atomic E-state index is 0.194. The standard InChI is InChI=1S/C15H22N2O2/c1-16-15(13-6-2-3-7-13)10-9-12-5-4-8-14(11-12)17(18)19/h4-5,8,11,13,15-16H,2-3,6-7,9-10H2,1H3. The molecule has 4 nitrogen and oxygen atoms in total. The molecule has 1 aliphatic rings. The molecule has 1 aromatic carbocycles. The number of nitro groups is 1. The molecule has 1 aromatic rings. The second kappa shape index (κ2) is 6.66. The molecule has 0 spiro atoms. The number of rotatable bonds is 6. The number of nitrogens with zero attached hydrogens (tertiary/aromatic N) is 1. The van der Waals surface area contributed by atoms with Gasteiger partial charge in [-0.3, -0.25) is 10.1 Å². The van der Waals surface area contributed by atoms with E-state index in [0.29, 0.717) is 6.04 Å². The first-order chi connectivity index (χ1) is 9.20. The average molecular weight is 262 g/mol. The molecule has 1 aliphatic carbocycles. The van der Waals surface area contributed by atoms with Gasteiger partial charge < -0.3 is 5.32 Å². The van der Waals surface area contributed by atoms with Crippen molar-refractivity contribution in [2.24, 2.45) is 5.92 Å². The fraction of sp³-hybridized carbons (Fsp3) is 0.600. The van der Waals surface area contributed by atoms with Crippen LogP contribution in [0.15, 0.2) is 24.3 Å². The van der Waals surface area contributed by atoms with Crippen LogP contribution in [-0.4, -0.2) is 18.0 Å². The summed E-state index contributed by atoms with van der Waals surface area (Å²) >= 11 is 0. The molecular weight excluding hydrogens is 240 g/mol. The van der Waals surface area contributed by atoms with Crippen molar-refractivity contribution in [1.82, 2.24) is 5.32 Å². The van der Waals surface area contributed by atoms with Gasteiger partial charge in [-0.05, 0) is 44.2 Å². The maximum Gasteiger partial charge on any atom is 0.269 e. The fourth-order valence-electron chi connectivity index (χ4n) is 3.12. The van der Waals surface area contributed by atoms with E-state index in [1.807, 2.05) is 13.1 Å². The monoisotopic (exact) mass is 262 g/mol. The average Bonchev–Trinajstić information content (AvgIpc) is 2.94. The summed E-state index contributed by atoms with van der Waals surface area (Å²) in [6, 6.07) is 7.55. The fourth-order valence-corrected chi connectivity index (χ4v) is 3.12. The summed E-state index contributed by atoms with van der Waals surface area (Å²) in [5.74, 6) is 0.781. The summed E-state index contributed by atoms with van der Waals surface area (Å²) in [5, 5.41) is 14.2. The summed E-state index contributed by atoms with van der Waals surface area (Å²) in [4.78, 5) is 10.4. The van der Waals surface area contributed by atoms with Crippen molar-refractivity contribution in [2.75, 3.05) is 7.05 Å². The van der Waals surface area contributed by atoms with Gasteiger partial charge in [-0.2, -0.15) is 0 Å². The van der Waals surface area contributed by atoms with Crippen LogP contribution >= 0.6 is 0 Å². The van der Waals surface area contributed by atoms with Gasteiger partial charge in [0.25, 0.3) is 5.69 Å². The van der Waals surface area contributed by atoms with Crippen molar-refractivity contribution >= 4 is 5.69 Å². The van der Waals surface area contributed by atoms with Crippen LogP contribution in [0, 0.1) is 16.0 Å². The second-order valence-corrected chi connectivity index (χ2v) is 5.41. The van der Waals surface area contributed by atoms with Crippen LogP contribution in [0.5, 0.6) is 0 Å². The largest absolute Gasteiger partial charge is 0.317 e. The maximum absolute atomic E-state index is 10.7. The number of hydrogen-bond donors (Lipinski definition) is 1. The van der Waals surface area contributed by atoms with Crippen molar-refractivity contribution in [1.29, 1.82) is 0 Å². The van der Waals surface area contributed by atoms with Gasteiger partial charge in [-0.1, -0.05) is 25.0 Å². The molecule has 2 rings (SSSR count). The molecule has 104 valence electrons. The van der Waals surface area contributed by atoms with E-state index in [-0.39, 0.29) is 10.6 Å². The van der Waals surface area contributed by atoms with Crippen molar-refractivity contribution in [3.63, 3.8) is 0 Å². The number of benzene rings is 1. The Morgan fingerprint density at radius 1 is 1.42 bits per heavy atom. The highest BCUT2D eigenvalue weighted by molar-refractivity contribution is 5.34. The number of aryl methyl sites for hydroxylation is 1. The van der Waals surface area contributed by atoms with Gasteiger partial charge in [-0.15, -0.1) is 0 Å². The van der Waals surface area contributed by atoms with Crippen LogP contribution in [-0.2, 0) is 6.42 Å². The first-order valence-corrected chi connectivity index (χ1v) is 7.11. The molecule has 0 heterocycles. The molecule has 1 N–H and O–H groups in total. The van der Waals surface area contributed by atoms with E-state index in [1.54, 1.807) is 18.2 Å². The Kier molecular flexibility index (Phi) is 4.91. The van der Waals surface area contributed by atoms with Gasteiger partial charge in [0.1, 0.15) is 0 Å². The molecule has 1 unspecified atom stereocenters. The van der Waals surface area contributed by atoms with Gasteiger partial charge in [0.2, 0.25) is 0 Å². The Hall–Kier alpha value is -1.42. The Morgan fingerprint density at radius 2 is 2.16 bits per heavy atom. The minimum Gasteiger partial charge on any atom is -0.317 e. The Labute approximate surface area is 114 Å². The second-order valence-electron chi connectivity index (χ2n) is 5.41. The van der Waals surface area contributed by atoms with Crippen LogP contribution in [0.4, 0.5) is 5.69 Å². The molecule has 0 saturated heterocycles. The lowest BCUT2D eigenvalue weighted by Crippen LogP contribution is -2.32. The molecule has 1 saturated carbocycles. The van der Waals surface area contributed by atoms with Gasteiger partial charge in [0.05, 0.1) is 4.92 Å². The smallest absolute Gasteiger partial charge is 0.269 e. The number of nitro benzene ring substituents is 1. The van der Waals surface area contributed by atoms with E-state index in [4.69, 9.17) is 0 Å². The third kappa shape index (κ3) is 3.77. The third-order valence-corrected chi connectivity index (χ3v) is 4.21. The summed E-state index contributed by atoms with van der Waals surface area (Å²) in [6.45, 7) is 0. The van der Waals surface area contributed by atoms with Gasteiger partial charge in [0.15, 0.2) is 0 Å². The highest BCUT2D eigenvalue weighted by Crippen LogP contribution is 2.29. The lowest BCUT2D eigenvalue weighted by molar-refractivity contribution is -0.384. The first-order valence-electron chi connectivity index (χ1n) is 7.11. The predicted molar refractivity (Wildman–Crippen MR) is 76.2 cm³/mol. The van der Waals surface area contributed by atoms with E-state index >= 15 is 0 Å². The highest BCUT2D eigenvalue weighted by atomic mass is 16.6. The zero-order valence-electron chi connectivity index (χ0n) is 11.5. The molecule has 0 bridgehead atoms. The van der Waals surface area contributed by atoms with E-state index < -0.39 is 0 Å². The molecular formula is C15H22N2O2. The van der Waals surface area contributed by atoms with E-state index in [2.05, 4.69) is 5.32 Å². The Bertz CT molecular complexity index is 428. The van der Waals surface area contributed by atoms with E-state index in [1.165, 1.54) is 25.7 Å². The van der Waals surface area contributed by atoms with Crippen molar-refractivity contribution in [2.45, 2.75) is 44.6 Å². The lowest BCUT2D eigenvalue weighted by Gasteiger charge is -2.22. The highest BCUT2D eigenvalue weighted by Gasteiger charge is 2.23. The van der Waals surface area contributed by atoms with E-state index in [9.17, 15) is 10.1 Å². The maximum atomic E-state index is 10.7. The molecule has 0 aromatic heterocycles. The quantitative estimate of drug-likeness (QED) is 0.632. The van der Waals surface area contributed by atoms with Crippen molar-refractivity contribution < 1.29 is 4.92 Å². The summed E-state index contributed by atoms with van der Waals surface area (Å²) < 4.78 is 0. The third-order valence-electron chi connectivity index (χ3n) is 4.21. The van der Waals surface area contributed by atoms with Crippen LogP contribution in [0.2, 0.25) is 0 Å². The zero-order valence-corrected chi connectivity index (χ0v) is 11.5. The van der Waals surface area contributed by atoms with E-state index in [0.717, 1.165) is 24.3 Å². The SMILES string of the molecule is CNC(CCc1cccc([N+](=O)[O-])c1)C1CCCC1. The molecule has 0 aliphatic heterocycles. The van der Waals surface area contributed by atoms with Gasteiger partial charge in [0, 0.05) is 18.2 Å². The number of hydrogen-bond acceptors (Lipinski definition) is 3. The molecule has 4 heteroatoms. The zero-order chi connectivity index (χ0) is 13.7. The minimum atomic E-state index is -0.323. The summed E-state index contributed by atoms with van der Waals surface area (Å²) in [7, 11) is 2.02. The lowest BCUT2D eigenvalue weighted by atomic mass is 9.92.